The maximum atomic E-state index is 12.1. The average Bonchev–Trinajstić information content (AvgIpc) is 2.92. The molecule has 6 nitrogen and oxygen atoms in total. The van der Waals surface area contributed by atoms with Crippen LogP contribution in [-0.2, 0) is 41.4 Å². The molecule has 0 saturated heterocycles. The predicted molar refractivity (Wildman–Crippen MR) is 104 cm³/mol. The lowest BCUT2D eigenvalue weighted by Gasteiger charge is -2.19. The third-order valence-electron chi connectivity index (χ3n) is 3.82. The van der Waals surface area contributed by atoms with Gasteiger partial charge in [0.2, 0.25) is 0 Å². The second-order valence-electron chi connectivity index (χ2n) is 7.50. The first-order chi connectivity index (χ1) is 12.9. The third-order valence-corrected chi connectivity index (χ3v) is 4.55. The summed E-state index contributed by atoms with van der Waals surface area (Å²) in [6, 6.07) is 3.53. The van der Waals surface area contributed by atoms with E-state index < -0.39 is 30.1 Å². The van der Waals surface area contributed by atoms with Crippen molar-refractivity contribution in [2.24, 2.45) is 0 Å². The van der Waals surface area contributed by atoms with Gasteiger partial charge in [-0.2, -0.15) is 0 Å². The Bertz CT molecular complexity index is 779. The number of ether oxygens (including phenoxy) is 3. The van der Waals surface area contributed by atoms with Gasteiger partial charge in [-0.15, -0.1) is 0 Å². The minimum atomic E-state index is -0.851. The summed E-state index contributed by atoms with van der Waals surface area (Å²) in [5.74, 6) is -2.14. The van der Waals surface area contributed by atoms with Gasteiger partial charge >= 0.3 is 17.9 Å². The van der Waals surface area contributed by atoms with Gasteiger partial charge in [0.25, 0.3) is 0 Å². The van der Waals surface area contributed by atoms with Crippen molar-refractivity contribution in [3.8, 4) is 0 Å². The molecular weight excluding hydrogens is 407 g/mol. The lowest BCUT2D eigenvalue weighted by atomic mass is 10.1. The van der Waals surface area contributed by atoms with Crippen LogP contribution >= 0.6 is 23.2 Å². The molecule has 1 aromatic rings. The zero-order valence-electron chi connectivity index (χ0n) is 16.0. The van der Waals surface area contributed by atoms with E-state index in [1.54, 1.807) is 32.9 Å². The van der Waals surface area contributed by atoms with Crippen molar-refractivity contribution in [3.05, 3.63) is 45.5 Å². The van der Waals surface area contributed by atoms with E-state index in [4.69, 9.17) is 37.4 Å². The molecule has 0 heterocycles. The SMILES string of the molecule is C=C(CC(=O)OC1Cc2cc(Cl)c(Cl)cc2C1)C(=O)OCC(=O)OC(C)(C)C. The standard InChI is InChI=1S/C20H22Cl2O6/c1-11(19(25)26-10-18(24)28-20(2,3)4)5-17(23)27-14-6-12-8-15(21)16(22)9-13(12)7-14/h8-9,14H,1,5-7,10H2,2-4H3. The van der Waals surface area contributed by atoms with E-state index in [1.807, 2.05) is 0 Å². The van der Waals surface area contributed by atoms with Crippen LogP contribution in [0.4, 0.5) is 0 Å². The minimum Gasteiger partial charge on any atom is -0.461 e. The fourth-order valence-corrected chi connectivity index (χ4v) is 3.10. The van der Waals surface area contributed by atoms with Crippen molar-refractivity contribution in [2.75, 3.05) is 6.61 Å². The number of halogens is 2. The van der Waals surface area contributed by atoms with Gasteiger partial charge in [0.1, 0.15) is 11.7 Å². The van der Waals surface area contributed by atoms with Crippen LogP contribution in [0.25, 0.3) is 0 Å². The van der Waals surface area contributed by atoms with Crippen LogP contribution in [0.3, 0.4) is 0 Å². The molecule has 0 N–H and O–H groups in total. The first kappa shape index (κ1) is 22.2. The summed E-state index contributed by atoms with van der Waals surface area (Å²) in [5.41, 5.74) is 1.17. The molecule has 1 aliphatic rings. The Morgan fingerprint density at radius 3 is 2.11 bits per heavy atom. The van der Waals surface area contributed by atoms with Gasteiger partial charge in [-0.05, 0) is 44.0 Å². The zero-order valence-corrected chi connectivity index (χ0v) is 17.5. The largest absolute Gasteiger partial charge is 0.461 e. The van der Waals surface area contributed by atoms with Crippen molar-refractivity contribution in [3.63, 3.8) is 0 Å². The van der Waals surface area contributed by atoms with Crippen LogP contribution in [0.15, 0.2) is 24.3 Å². The first-order valence-corrected chi connectivity index (χ1v) is 9.43. The topological polar surface area (TPSA) is 78.9 Å². The summed E-state index contributed by atoms with van der Waals surface area (Å²) in [4.78, 5) is 35.5. The normalized spacial score (nSPS) is 13.6. The Labute approximate surface area is 173 Å². The molecule has 0 aliphatic heterocycles. The summed E-state index contributed by atoms with van der Waals surface area (Å²) in [7, 11) is 0. The molecule has 0 unspecified atom stereocenters. The Balaban J connectivity index is 1.78. The first-order valence-electron chi connectivity index (χ1n) is 8.67. The number of carbonyl (C=O) groups excluding carboxylic acids is 3. The Kier molecular flexibility index (Phi) is 7.12. The summed E-state index contributed by atoms with van der Waals surface area (Å²) >= 11 is 12.0. The van der Waals surface area contributed by atoms with Crippen LogP contribution in [0.1, 0.15) is 38.3 Å². The molecule has 1 aromatic carbocycles. The second-order valence-corrected chi connectivity index (χ2v) is 8.31. The number of carbonyl (C=O) groups is 3. The summed E-state index contributed by atoms with van der Waals surface area (Å²) in [6.45, 7) is 8.07. The maximum absolute atomic E-state index is 12.1. The van der Waals surface area contributed by atoms with E-state index in [9.17, 15) is 14.4 Å². The van der Waals surface area contributed by atoms with Gasteiger partial charge in [-0.25, -0.2) is 9.59 Å². The lowest BCUT2D eigenvalue weighted by Crippen LogP contribution is -2.28. The van der Waals surface area contributed by atoms with Crippen molar-refractivity contribution < 1.29 is 28.6 Å². The molecule has 0 fully saturated rings. The maximum Gasteiger partial charge on any atom is 0.344 e. The highest BCUT2D eigenvalue weighted by Crippen LogP contribution is 2.32. The number of rotatable bonds is 6. The molecule has 0 radical (unpaired) electrons. The smallest absolute Gasteiger partial charge is 0.344 e. The van der Waals surface area contributed by atoms with E-state index in [0.717, 1.165) is 11.1 Å². The van der Waals surface area contributed by atoms with Crippen LogP contribution in [-0.4, -0.2) is 36.2 Å². The Morgan fingerprint density at radius 2 is 1.61 bits per heavy atom. The van der Waals surface area contributed by atoms with Crippen molar-refractivity contribution >= 4 is 41.1 Å². The summed E-state index contributed by atoms with van der Waals surface area (Å²) < 4.78 is 15.2. The number of hydrogen-bond donors (Lipinski definition) is 0. The van der Waals surface area contributed by atoms with Gasteiger partial charge in [0, 0.05) is 18.4 Å². The van der Waals surface area contributed by atoms with Gasteiger partial charge < -0.3 is 14.2 Å². The molecule has 8 heteroatoms. The highest BCUT2D eigenvalue weighted by atomic mass is 35.5. The molecule has 2 rings (SSSR count). The lowest BCUT2D eigenvalue weighted by molar-refractivity contribution is -0.165. The van der Waals surface area contributed by atoms with Crippen LogP contribution < -0.4 is 0 Å². The molecule has 1 aliphatic carbocycles. The number of benzene rings is 1. The van der Waals surface area contributed by atoms with Crippen LogP contribution in [0, 0.1) is 0 Å². The van der Waals surface area contributed by atoms with Crippen molar-refractivity contribution in [1.29, 1.82) is 0 Å². The summed E-state index contributed by atoms with van der Waals surface area (Å²) in [6.07, 6.45) is 0.352. The van der Waals surface area contributed by atoms with E-state index >= 15 is 0 Å². The second kappa shape index (κ2) is 8.97. The Hall–Kier alpha value is -2.05. The quantitative estimate of drug-likeness (QED) is 0.389. The van der Waals surface area contributed by atoms with E-state index in [0.29, 0.717) is 22.9 Å². The molecule has 0 atom stereocenters. The fourth-order valence-electron chi connectivity index (χ4n) is 2.73. The third kappa shape index (κ3) is 6.53. The van der Waals surface area contributed by atoms with E-state index in [1.165, 1.54) is 0 Å². The van der Waals surface area contributed by atoms with Gasteiger partial charge in [-0.3, -0.25) is 4.79 Å². The number of hydrogen-bond acceptors (Lipinski definition) is 6. The monoisotopic (exact) mass is 428 g/mol. The average molecular weight is 429 g/mol. The van der Waals surface area contributed by atoms with Crippen LogP contribution in [0.2, 0.25) is 10.0 Å². The molecule has 0 saturated carbocycles. The van der Waals surface area contributed by atoms with Gasteiger partial charge in [0.05, 0.1) is 16.5 Å². The van der Waals surface area contributed by atoms with Crippen LogP contribution in [0.5, 0.6) is 0 Å². The fraction of sp³-hybridized carbons (Fsp3) is 0.450. The molecule has 0 amide bonds. The van der Waals surface area contributed by atoms with Crippen molar-refractivity contribution in [2.45, 2.75) is 51.7 Å². The minimum absolute atomic E-state index is 0.102. The molecular formula is C20H22Cl2O6. The summed E-state index contributed by atoms with van der Waals surface area (Å²) in [5, 5.41) is 0.905. The predicted octanol–water partition coefficient (Wildman–Crippen LogP) is 3.84. The number of esters is 3. The number of fused-ring (bicyclic) bond motifs is 1. The molecule has 0 spiro atoms. The van der Waals surface area contributed by atoms with Gasteiger partial charge in [-0.1, -0.05) is 29.8 Å². The van der Waals surface area contributed by atoms with E-state index in [2.05, 4.69) is 6.58 Å². The Morgan fingerprint density at radius 1 is 1.07 bits per heavy atom. The highest BCUT2D eigenvalue weighted by molar-refractivity contribution is 6.42. The van der Waals surface area contributed by atoms with Gasteiger partial charge in [0.15, 0.2) is 6.61 Å². The van der Waals surface area contributed by atoms with Crippen molar-refractivity contribution in [1.82, 2.24) is 0 Å². The van der Waals surface area contributed by atoms with E-state index in [-0.39, 0.29) is 18.1 Å². The molecule has 152 valence electrons. The molecule has 0 bridgehead atoms. The zero-order chi connectivity index (χ0) is 21.1. The highest BCUT2D eigenvalue weighted by Gasteiger charge is 2.27. The molecule has 0 aromatic heterocycles. The molecule has 28 heavy (non-hydrogen) atoms.